The van der Waals surface area contributed by atoms with E-state index in [4.69, 9.17) is 0 Å². The summed E-state index contributed by atoms with van der Waals surface area (Å²) in [5.41, 5.74) is 1.26. The lowest BCUT2D eigenvalue weighted by molar-refractivity contribution is 0.735. The van der Waals surface area contributed by atoms with Gasteiger partial charge in [-0.05, 0) is 30.0 Å². The van der Waals surface area contributed by atoms with Crippen molar-refractivity contribution < 1.29 is 0 Å². The molecule has 0 unspecified atom stereocenters. The highest BCUT2D eigenvalue weighted by molar-refractivity contribution is 9.08. The summed E-state index contributed by atoms with van der Waals surface area (Å²) >= 11 is 3.43. The molecule has 1 heterocycles. The first kappa shape index (κ1) is 10.4. The molecule has 0 aliphatic carbocycles. The number of hydrogen-bond acceptors (Lipinski definition) is 1. The molecule has 78 valence electrons. The lowest BCUT2D eigenvalue weighted by Gasteiger charge is -2.06. The molecule has 1 aromatic carbocycles. The largest absolute Gasteiger partial charge is 0.315 e. The Kier molecular flexibility index (Phi) is 2.91. The van der Waals surface area contributed by atoms with E-state index in [0.717, 1.165) is 21.7 Å². The van der Waals surface area contributed by atoms with Crippen molar-refractivity contribution in [1.29, 1.82) is 0 Å². The molecule has 0 amide bonds. The van der Waals surface area contributed by atoms with Gasteiger partial charge in [0.25, 0.3) is 5.56 Å². The molecule has 0 fully saturated rings. The lowest BCUT2D eigenvalue weighted by Crippen LogP contribution is -2.18. The van der Waals surface area contributed by atoms with Gasteiger partial charge in [-0.1, -0.05) is 28.1 Å². The maximum atomic E-state index is 12.0. The lowest BCUT2D eigenvalue weighted by atomic mass is 10.1. The van der Waals surface area contributed by atoms with Crippen LogP contribution in [0.1, 0.15) is 12.5 Å². The minimum Gasteiger partial charge on any atom is -0.315 e. The fourth-order valence-electron chi connectivity index (χ4n) is 1.75. The molecular weight excluding hydrogens is 254 g/mol. The van der Waals surface area contributed by atoms with E-state index in [1.165, 1.54) is 0 Å². The van der Waals surface area contributed by atoms with Gasteiger partial charge in [0.2, 0.25) is 0 Å². The van der Waals surface area contributed by atoms with E-state index in [1.807, 2.05) is 37.4 Å². The Balaban J connectivity index is 2.84. The van der Waals surface area contributed by atoms with Gasteiger partial charge in [0.1, 0.15) is 0 Å². The summed E-state index contributed by atoms with van der Waals surface area (Å²) in [5.74, 6) is 0. The molecule has 0 bridgehead atoms. The highest BCUT2D eigenvalue weighted by Crippen LogP contribution is 2.17. The van der Waals surface area contributed by atoms with E-state index in [9.17, 15) is 4.79 Å². The first-order valence-corrected chi connectivity index (χ1v) is 6.07. The van der Waals surface area contributed by atoms with Crippen LogP contribution in [0.4, 0.5) is 0 Å². The van der Waals surface area contributed by atoms with Crippen molar-refractivity contribution in [1.82, 2.24) is 4.57 Å². The first-order chi connectivity index (χ1) is 7.27. The summed E-state index contributed by atoms with van der Waals surface area (Å²) < 4.78 is 1.72. The second-order valence-electron chi connectivity index (χ2n) is 3.42. The second kappa shape index (κ2) is 4.19. The van der Waals surface area contributed by atoms with Gasteiger partial charge in [-0.15, -0.1) is 0 Å². The van der Waals surface area contributed by atoms with Gasteiger partial charge in [0.15, 0.2) is 0 Å². The van der Waals surface area contributed by atoms with Crippen LogP contribution >= 0.6 is 15.9 Å². The Morgan fingerprint density at radius 1 is 1.27 bits per heavy atom. The highest BCUT2D eigenvalue weighted by Gasteiger charge is 2.04. The molecule has 2 rings (SSSR count). The maximum Gasteiger partial charge on any atom is 0.258 e. The van der Waals surface area contributed by atoms with Crippen LogP contribution in [-0.2, 0) is 11.9 Å². The third-order valence-corrected chi connectivity index (χ3v) is 3.20. The second-order valence-corrected chi connectivity index (χ2v) is 3.98. The van der Waals surface area contributed by atoms with E-state index >= 15 is 0 Å². The maximum absolute atomic E-state index is 12.0. The molecule has 0 saturated carbocycles. The number of aryl methyl sites for hydroxylation is 1. The molecule has 15 heavy (non-hydrogen) atoms. The molecule has 1 aromatic heterocycles. The van der Waals surface area contributed by atoms with Crippen LogP contribution in [-0.4, -0.2) is 4.57 Å². The average Bonchev–Trinajstić information content (AvgIpc) is 2.29. The van der Waals surface area contributed by atoms with E-state index in [0.29, 0.717) is 6.54 Å². The standard InChI is InChI=1S/C12H12BrNO/c1-2-14-7-6-10-9(8-13)4-3-5-11(10)12(14)15/h3-7H,2,8H2,1H3. The minimum absolute atomic E-state index is 0.0952. The molecule has 2 aromatic rings. The van der Waals surface area contributed by atoms with E-state index in [-0.39, 0.29) is 5.56 Å². The Hall–Kier alpha value is -1.09. The molecule has 0 spiro atoms. The zero-order valence-corrected chi connectivity index (χ0v) is 10.1. The Labute approximate surface area is 96.7 Å². The number of rotatable bonds is 2. The zero-order valence-electron chi connectivity index (χ0n) is 8.53. The van der Waals surface area contributed by atoms with Crippen molar-refractivity contribution in [2.24, 2.45) is 0 Å². The third-order valence-electron chi connectivity index (χ3n) is 2.59. The highest BCUT2D eigenvalue weighted by atomic mass is 79.9. The molecule has 0 aliphatic heterocycles. The number of benzene rings is 1. The van der Waals surface area contributed by atoms with Crippen molar-refractivity contribution >= 4 is 26.7 Å². The van der Waals surface area contributed by atoms with Crippen LogP contribution in [0.5, 0.6) is 0 Å². The number of fused-ring (bicyclic) bond motifs is 1. The van der Waals surface area contributed by atoms with Crippen molar-refractivity contribution in [3.63, 3.8) is 0 Å². The van der Waals surface area contributed by atoms with Crippen LogP contribution < -0.4 is 5.56 Å². The molecule has 0 saturated heterocycles. The fraction of sp³-hybridized carbons (Fsp3) is 0.250. The van der Waals surface area contributed by atoms with Gasteiger partial charge in [-0.2, -0.15) is 0 Å². The zero-order chi connectivity index (χ0) is 10.8. The Morgan fingerprint density at radius 2 is 2.07 bits per heavy atom. The summed E-state index contributed by atoms with van der Waals surface area (Å²) in [6.45, 7) is 2.69. The van der Waals surface area contributed by atoms with Crippen LogP contribution in [0, 0.1) is 0 Å². The summed E-state index contributed by atoms with van der Waals surface area (Å²) in [4.78, 5) is 12.0. The molecule has 0 atom stereocenters. The quantitative estimate of drug-likeness (QED) is 0.766. The molecule has 0 N–H and O–H groups in total. The van der Waals surface area contributed by atoms with Gasteiger partial charge < -0.3 is 4.57 Å². The minimum atomic E-state index is 0.0952. The monoisotopic (exact) mass is 265 g/mol. The topological polar surface area (TPSA) is 22.0 Å². The average molecular weight is 266 g/mol. The normalized spacial score (nSPS) is 10.8. The number of pyridine rings is 1. The number of nitrogens with zero attached hydrogens (tertiary/aromatic N) is 1. The fourth-order valence-corrected chi connectivity index (χ4v) is 2.24. The summed E-state index contributed by atoms with van der Waals surface area (Å²) in [7, 11) is 0. The van der Waals surface area contributed by atoms with Crippen molar-refractivity contribution in [2.75, 3.05) is 0 Å². The molecule has 2 nitrogen and oxygen atoms in total. The van der Waals surface area contributed by atoms with Crippen molar-refractivity contribution in [3.05, 3.63) is 46.4 Å². The summed E-state index contributed by atoms with van der Waals surface area (Å²) in [6, 6.07) is 7.86. The number of aromatic nitrogens is 1. The molecular formula is C12H12BrNO. The van der Waals surface area contributed by atoms with Gasteiger partial charge in [-0.25, -0.2) is 0 Å². The van der Waals surface area contributed by atoms with Gasteiger partial charge in [-0.3, -0.25) is 4.79 Å². The van der Waals surface area contributed by atoms with Gasteiger partial charge in [0, 0.05) is 23.5 Å². The summed E-state index contributed by atoms with van der Waals surface area (Å²) in [6.07, 6.45) is 1.86. The predicted octanol–water partition coefficient (Wildman–Crippen LogP) is 2.92. The third kappa shape index (κ3) is 1.72. The SMILES string of the molecule is CCn1ccc2c(CBr)cccc2c1=O. The molecule has 3 heteroatoms. The van der Waals surface area contributed by atoms with Gasteiger partial charge >= 0.3 is 0 Å². The number of halogens is 1. The van der Waals surface area contributed by atoms with E-state index < -0.39 is 0 Å². The molecule has 0 aliphatic rings. The number of alkyl halides is 1. The van der Waals surface area contributed by atoms with Crippen molar-refractivity contribution in [2.45, 2.75) is 18.8 Å². The van der Waals surface area contributed by atoms with E-state index in [1.54, 1.807) is 4.57 Å². The summed E-state index contributed by atoms with van der Waals surface area (Å²) in [5, 5.41) is 2.63. The molecule has 0 radical (unpaired) electrons. The van der Waals surface area contributed by atoms with Crippen molar-refractivity contribution in [3.8, 4) is 0 Å². The first-order valence-electron chi connectivity index (χ1n) is 4.95. The van der Waals surface area contributed by atoms with Crippen LogP contribution in [0.15, 0.2) is 35.3 Å². The van der Waals surface area contributed by atoms with Gasteiger partial charge in [0.05, 0.1) is 0 Å². The Morgan fingerprint density at radius 3 is 2.73 bits per heavy atom. The van der Waals surface area contributed by atoms with E-state index in [2.05, 4.69) is 15.9 Å². The van der Waals surface area contributed by atoms with Crippen LogP contribution in [0.3, 0.4) is 0 Å². The number of hydrogen-bond donors (Lipinski definition) is 0. The predicted molar refractivity (Wildman–Crippen MR) is 66.5 cm³/mol. The van der Waals surface area contributed by atoms with Crippen LogP contribution in [0.2, 0.25) is 0 Å². The smallest absolute Gasteiger partial charge is 0.258 e. The Bertz CT molecular complexity index is 545. The van der Waals surface area contributed by atoms with Crippen LogP contribution in [0.25, 0.3) is 10.8 Å².